The molecule has 38 heavy (non-hydrogen) atoms. The van der Waals surface area contributed by atoms with Crippen LogP contribution in [0.3, 0.4) is 0 Å². The van der Waals surface area contributed by atoms with E-state index in [1.165, 1.54) is 5.56 Å². The molecular weight excluding hydrogens is 498 g/mol. The Morgan fingerprint density at radius 1 is 1.18 bits per heavy atom. The first-order valence-corrected chi connectivity index (χ1v) is 14.4. The first-order chi connectivity index (χ1) is 18.2. The fraction of sp³-hybridized carbons (Fsp3) is 0.552. The standard InChI is InChI=1S/C29H39N5O3S/c1-5-9-26(35)32-23(15-27-33-22-13-12-21(18(2)3)14-25(22)38-27)29(37)34-24(20-10-7-6-8-11-20)17-31-28(36)19(4)16-30/h12-14,18,20,23-24H,4-11,15,17H2,1-3H3,(H,31,36)(H,32,35)(H,34,37)/t23-,24?/m0/s1. The zero-order chi connectivity index (χ0) is 27.7. The summed E-state index contributed by atoms with van der Waals surface area (Å²) in [5.74, 6) is -0.401. The van der Waals surface area contributed by atoms with Gasteiger partial charge in [-0.3, -0.25) is 14.4 Å². The van der Waals surface area contributed by atoms with Crippen LogP contribution in [0.1, 0.15) is 82.2 Å². The van der Waals surface area contributed by atoms with Gasteiger partial charge in [-0.2, -0.15) is 5.26 Å². The molecule has 1 aliphatic rings. The van der Waals surface area contributed by atoms with E-state index < -0.39 is 11.9 Å². The van der Waals surface area contributed by atoms with Gasteiger partial charge in [0.05, 0.1) is 15.2 Å². The zero-order valence-corrected chi connectivity index (χ0v) is 23.5. The molecule has 1 aliphatic carbocycles. The SMILES string of the molecule is C=C(C#N)C(=O)NCC(NC(=O)[C@H](Cc1nc2ccc(C(C)C)cc2s1)NC(=O)CCC)C1CCCCC1. The first-order valence-electron chi connectivity index (χ1n) is 13.6. The number of benzene rings is 1. The number of aromatic nitrogens is 1. The van der Waals surface area contributed by atoms with Gasteiger partial charge in [0, 0.05) is 25.4 Å². The molecule has 3 amide bonds. The van der Waals surface area contributed by atoms with Crippen LogP contribution in [0.15, 0.2) is 30.4 Å². The Balaban J connectivity index is 1.79. The van der Waals surface area contributed by atoms with Crippen LogP contribution in [0.4, 0.5) is 0 Å². The number of hydrogen-bond donors (Lipinski definition) is 3. The molecule has 204 valence electrons. The van der Waals surface area contributed by atoms with Crippen molar-refractivity contribution in [2.75, 3.05) is 6.54 Å². The molecule has 0 saturated heterocycles. The van der Waals surface area contributed by atoms with Crippen molar-refractivity contribution in [2.45, 2.75) is 90.1 Å². The summed E-state index contributed by atoms with van der Waals surface area (Å²) in [7, 11) is 0. The van der Waals surface area contributed by atoms with E-state index in [1.807, 2.05) is 13.0 Å². The average molecular weight is 538 g/mol. The van der Waals surface area contributed by atoms with Gasteiger partial charge in [-0.25, -0.2) is 4.98 Å². The lowest BCUT2D eigenvalue weighted by molar-refractivity contribution is -0.129. The lowest BCUT2D eigenvalue weighted by atomic mass is 9.83. The summed E-state index contributed by atoms with van der Waals surface area (Å²) in [5.41, 5.74) is 1.95. The molecule has 1 aromatic carbocycles. The Hall–Kier alpha value is -3.25. The Kier molecular flexibility index (Phi) is 10.8. The second kappa shape index (κ2) is 14.1. The molecule has 2 aromatic rings. The quantitative estimate of drug-likeness (QED) is 0.271. The minimum absolute atomic E-state index is 0.167. The molecule has 3 rings (SSSR count). The fourth-order valence-electron chi connectivity index (χ4n) is 4.83. The highest BCUT2D eigenvalue weighted by molar-refractivity contribution is 7.18. The smallest absolute Gasteiger partial charge is 0.261 e. The highest BCUT2D eigenvalue weighted by atomic mass is 32.1. The van der Waals surface area contributed by atoms with Crippen LogP contribution < -0.4 is 16.0 Å². The number of carbonyl (C=O) groups excluding carboxylic acids is 3. The van der Waals surface area contributed by atoms with Gasteiger partial charge in [0.25, 0.3) is 5.91 Å². The number of nitriles is 1. The molecule has 9 heteroatoms. The van der Waals surface area contributed by atoms with Crippen LogP contribution in [-0.4, -0.2) is 41.3 Å². The summed E-state index contributed by atoms with van der Waals surface area (Å²) in [5, 5.41) is 18.5. The van der Waals surface area contributed by atoms with Gasteiger partial charge < -0.3 is 16.0 Å². The molecule has 1 heterocycles. The van der Waals surface area contributed by atoms with Gasteiger partial charge in [-0.05, 0) is 48.8 Å². The lowest BCUT2D eigenvalue weighted by Gasteiger charge is -2.32. The zero-order valence-electron chi connectivity index (χ0n) is 22.6. The van der Waals surface area contributed by atoms with Crippen molar-refractivity contribution >= 4 is 39.3 Å². The number of nitrogens with zero attached hydrogens (tertiary/aromatic N) is 2. The first kappa shape index (κ1) is 29.3. The number of fused-ring (bicyclic) bond motifs is 1. The molecule has 1 aromatic heterocycles. The molecule has 1 fully saturated rings. The van der Waals surface area contributed by atoms with Gasteiger partial charge in [0.1, 0.15) is 17.7 Å². The Bertz CT molecular complexity index is 1190. The van der Waals surface area contributed by atoms with E-state index in [4.69, 9.17) is 10.2 Å². The summed E-state index contributed by atoms with van der Waals surface area (Å²) in [4.78, 5) is 43.1. The van der Waals surface area contributed by atoms with Gasteiger partial charge in [-0.15, -0.1) is 11.3 Å². The molecule has 1 unspecified atom stereocenters. The third-order valence-corrected chi connectivity index (χ3v) is 8.11. The number of thiazole rings is 1. The predicted octanol–water partition coefficient (Wildman–Crippen LogP) is 4.51. The Labute approximate surface area is 229 Å². The average Bonchev–Trinajstić information content (AvgIpc) is 3.32. The molecule has 0 aliphatic heterocycles. The van der Waals surface area contributed by atoms with E-state index in [-0.39, 0.29) is 42.3 Å². The Morgan fingerprint density at radius 3 is 2.58 bits per heavy atom. The number of amides is 3. The minimum Gasteiger partial charge on any atom is -0.350 e. The van der Waals surface area contributed by atoms with Gasteiger partial charge in [0.15, 0.2) is 0 Å². The second-order valence-corrected chi connectivity index (χ2v) is 11.5. The minimum atomic E-state index is -0.782. The van der Waals surface area contributed by atoms with Crippen molar-refractivity contribution < 1.29 is 14.4 Å². The van der Waals surface area contributed by atoms with E-state index >= 15 is 0 Å². The van der Waals surface area contributed by atoms with Gasteiger partial charge in [0.2, 0.25) is 11.8 Å². The molecule has 0 bridgehead atoms. The summed E-state index contributed by atoms with van der Waals surface area (Å²) in [6.45, 7) is 9.88. The molecule has 3 N–H and O–H groups in total. The number of hydrogen-bond acceptors (Lipinski definition) is 6. The number of rotatable bonds is 12. The summed E-state index contributed by atoms with van der Waals surface area (Å²) < 4.78 is 1.06. The molecule has 0 radical (unpaired) electrons. The number of nitrogens with one attached hydrogen (secondary N) is 3. The monoisotopic (exact) mass is 537 g/mol. The highest BCUT2D eigenvalue weighted by Crippen LogP contribution is 2.28. The third kappa shape index (κ3) is 8.12. The third-order valence-electron chi connectivity index (χ3n) is 7.07. The van der Waals surface area contributed by atoms with Crippen molar-refractivity contribution in [3.05, 3.63) is 40.9 Å². The van der Waals surface area contributed by atoms with Crippen LogP contribution in [-0.2, 0) is 20.8 Å². The topological polar surface area (TPSA) is 124 Å². The molecule has 2 atom stereocenters. The highest BCUT2D eigenvalue weighted by Gasteiger charge is 2.30. The van der Waals surface area contributed by atoms with Crippen LogP contribution in [0.25, 0.3) is 10.2 Å². The lowest BCUT2D eigenvalue weighted by Crippen LogP contribution is -2.55. The van der Waals surface area contributed by atoms with E-state index in [0.717, 1.165) is 47.3 Å². The van der Waals surface area contributed by atoms with Crippen LogP contribution in [0.5, 0.6) is 0 Å². The van der Waals surface area contributed by atoms with Gasteiger partial charge >= 0.3 is 0 Å². The maximum absolute atomic E-state index is 13.6. The van der Waals surface area contributed by atoms with Crippen LogP contribution >= 0.6 is 11.3 Å². The normalized spacial score (nSPS) is 15.4. The second-order valence-electron chi connectivity index (χ2n) is 10.4. The maximum Gasteiger partial charge on any atom is 0.261 e. The van der Waals surface area contributed by atoms with E-state index in [9.17, 15) is 14.4 Å². The number of carbonyl (C=O) groups is 3. The van der Waals surface area contributed by atoms with Crippen molar-refractivity contribution in [3.8, 4) is 6.07 Å². The maximum atomic E-state index is 13.6. The van der Waals surface area contributed by atoms with Crippen LogP contribution in [0.2, 0.25) is 0 Å². The summed E-state index contributed by atoms with van der Waals surface area (Å²) in [6, 6.07) is 6.89. The Morgan fingerprint density at radius 2 is 1.92 bits per heavy atom. The van der Waals surface area contributed by atoms with E-state index in [2.05, 4.69) is 48.5 Å². The molecular formula is C29H39N5O3S. The molecule has 8 nitrogen and oxygen atoms in total. The van der Waals surface area contributed by atoms with E-state index in [0.29, 0.717) is 18.8 Å². The van der Waals surface area contributed by atoms with E-state index in [1.54, 1.807) is 17.4 Å². The van der Waals surface area contributed by atoms with Crippen molar-refractivity contribution in [1.82, 2.24) is 20.9 Å². The van der Waals surface area contributed by atoms with Crippen molar-refractivity contribution in [1.29, 1.82) is 5.26 Å². The molecule has 0 spiro atoms. The van der Waals surface area contributed by atoms with Crippen molar-refractivity contribution in [2.24, 2.45) is 5.92 Å². The molecule has 1 saturated carbocycles. The van der Waals surface area contributed by atoms with Gasteiger partial charge in [-0.1, -0.05) is 52.7 Å². The fourth-order valence-corrected chi connectivity index (χ4v) is 5.89. The summed E-state index contributed by atoms with van der Waals surface area (Å²) >= 11 is 1.54. The summed E-state index contributed by atoms with van der Waals surface area (Å²) in [6.07, 6.45) is 6.48. The van der Waals surface area contributed by atoms with Crippen LogP contribution in [0, 0.1) is 17.2 Å². The largest absolute Gasteiger partial charge is 0.350 e. The predicted molar refractivity (Wildman–Crippen MR) is 151 cm³/mol. The van der Waals surface area contributed by atoms with Crippen molar-refractivity contribution in [3.63, 3.8) is 0 Å².